The Balaban J connectivity index is 1.76. The van der Waals surface area contributed by atoms with Gasteiger partial charge in [-0.05, 0) is 49.7 Å². The standard InChI is InChI=1S/C19H20N4O2/c1-13-11-15(12-20)3-4-16(13)19(24)22-17-5-6-18(21-14(17)2)23-7-9-25-10-8-23/h3-6,11H,7-10H2,1-2H3,(H,22,24). The highest BCUT2D eigenvalue weighted by atomic mass is 16.5. The van der Waals surface area contributed by atoms with Gasteiger partial charge in [0.25, 0.3) is 5.91 Å². The zero-order chi connectivity index (χ0) is 17.8. The van der Waals surface area contributed by atoms with Gasteiger partial charge in [-0.1, -0.05) is 0 Å². The quantitative estimate of drug-likeness (QED) is 0.932. The molecule has 1 amide bonds. The number of ether oxygens (including phenoxy) is 1. The predicted molar refractivity (Wildman–Crippen MR) is 95.9 cm³/mol. The van der Waals surface area contributed by atoms with Gasteiger partial charge < -0.3 is 15.0 Å². The Morgan fingerprint density at radius 3 is 2.64 bits per heavy atom. The van der Waals surface area contributed by atoms with Crippen molar-refractivity contribution in [2.24, 2.45) is 0 Å². The van der Waals surface area contributed by atoms with Gasteiger partial charge in [0.15, 0.2) is 0 Å². The molecule has 0 bridgehead atoms. The van der Waals surface area contributed by atoms with Crippen molar-refractivity contribution in [2.45, 2.75) is 13.8 Å². The molecule has 1 fully saturated rings. The van der Waals surface area contributed by atoms with Gasteiger partial charge in [0.05, 0.1) is 36.2 Å². The first kappa shape index (κ1) is 16.9. The molecule has 1 aromatic carbocycles. The Bertz CT molecular complexity index is 836. The molecule has 2 aromatic rings. The van der Waals surface area contributed by atoms with Crippen LogP contribution in [0.5, 0.6) is 0 Å². The summed E-state index contributed by atoms with van der Waals surface area (Å²) in [4.78, 5) is 19.3. The molecular formula is C19H20N4O2. The minimum Gasteiger partial charge on any atom is -0.378 e. The molecule has 1 aliphatic heterocycles. The van der Waals surface area contributed by atoms with Gasteiger partial charge >= 0.3 is 0 Å². The zero-order valence-electron chi connectivity index (χ0n) is 14.4. The zero-order valence-corrected chi connectivity index (χ0v) is 14.4. The van der Waals surface area contributed by atoms with Gasteiger partial charge in [0, 0.05) is 18.7 Å². The van der Waals surface area contributed by atoms with E-state index >= 15 is 0 Å². The molecule has 0 aliphatic carbocycles. The Labute approximate surface area is 147 Å². The van der Waals surface area contributed by atoms with Crippen molar-refractivity contribution in [3.05, 3.63) is 52.7 Å². The fraction of sp³-hybridized carbons (Fsp3) is 0.316. The number of rotatable bonds is 3. The average molecular weight is 336 g/mol. The second-order valence-corrected chi connectivity index (χ2v) is 6.00. The molecule has 1 aromatic heterocycles. The van der Waals surface area contributed by atoms with Crippen LogP contribution in [0.4, 0.5) is 11.5 Å². The molecule has 1 aliphatic rings. The lowest BCUT2D eigenvalue weighted by atomic mass is 10.0. The van der Waals surface area contributed by atoms with E-state index in [1.54, 1.807) is 18.2 Å². The van der Waals surface area contributed by atoms with Crippen LogP contribution in [0.3, 0.4) is 0 Å². The fourth-order valence-electron chi connectivity index (χ4n) is 2.83. The molecule has 6 nitrogen and oxygen atoms in total. The molecular weight excluding hydrogens is 316 g/mol. The highest BCUT2D eigenvalue weighted by Gasteiger charge is 2.15. The largest absolute Gasteiger partial charge is 0.378 e. The first-order valence-electron chi connectivity index (χ1n) is 8.21. The maximum absolute atomic E-state index is 12.5. The van der Waals surface area contributed by atoms with E-state index in [0.29, 0.717) is 30.0 Å². The molecule has 6 heteroatoms. The van der Waals surface area contributed by atoms with Crippen LogP contribution in [0.25, 0.3) is 0 Å². The number of carbonyl (C=O) groups is 1. The Morgan fingerprint density at radius 2 is 2.00 bits per heavy atom. The minimum atomic E-state index is -0.203. The molecule has 0 atom stereocenters. The van der Waals surface area contributed by atoms with Crippen molar-refractivity contribution in [2.75, 3.05) is 36.5 Å². The molecule has 1 N–H and O–H groups in total. The normalized spacial score (nSPS) is 14.0. The third-order valence-corrected chi connectivity index (χ3v) is 4.25. The first-order chi connectivity index (χ1) is 12.1. The highest BCUT2D eigenvalue weighted by molar-refractivity contribution is 6.05. The maximum atomic E-state index is 12.5. The van der Waals surface area contributed by atoms with Crippen LogP contribution in [0.2, 0.25) is 0 Å². The van der Waals surface area contributed by atoms with Crippen LogP contribution in [-0.4, -0.2) is 37.2 Å². The van der Waals surface area contributed by atoms with Gasteiger partial charge in [-0.2, -0.15) is 5.26 Å². The molecule has 0 spiro atoms. The molecule has 1 saturated heterocycles. The molecule has 25 heavy (non-hydrogen) atoms. The lowest BCUT2D eigenvalue weighted by Gasteiger charge is -2.28. The monoisotopic (exact) mass is 336 g/mol. The van der Waals surface area contributed by atoms with E-state index in [0.717, 1.165) is 30.2 Å². The van der Waals surface area contributed by atoms with E-state index in [2.05, 4.69) is 21.3 Å². The van der Waals surface area contributed by atoms with Crippen molar-refractivity contribution >= 4 is 17.4 Å². The summed E-state index contributed by atoms with van der Waals surface area (Å²) >= 11 is 0. The highest BCUT2D eigenvalue weighted by Crippen LogP contribution is 2.21. The molecule has 128 valence electrons. The number of anilines is 2. The van der Waals surface area contributed by atoms with Crippen molar-refractivity contribution in [3.8, 4) is 6.07 Å². The lowest BCUT2D eigenvalue weighted by Crippen LogP contribution is -2.36. The second-order valence-electron chi connectivity index (χ2n) is 6.00. The first-order valence-corrected chi connectivity index (χ1v) is 8.21. The maximum Gasteiger partial charge on any atom is 0.255 e. The van der Waals surface area contributed by atoms with E-state index in [1.807, 2.05) is 26.0 Å². The van der Waals surface area contributed by atoms with E-state index in [4.69, 9.17) is 10.00 Å². The van der Waals surface area contributed by atoms with Gasteiger partial charge in [0.1, 0.15) is 5.82 Å². The van der Waals surface area contributed by atoms with Crippen LogP contribution in [0.15, 0.2) is 30.3 Å². The van der Waals surface area contributed by atoms with Gasteiger partial charge in [-0.15, -0.1) is 0 Å². The third kappa shape index (κ3) is 3.78. The molecule has 0 unspecified atom stereocenters. The number of nitrogens with one attached hydrogen (secondary N) is 1. The SMILES string of the molecule is Cc1cc(C#N)ccc1C(=O)Nc1ccc(N2CCOCC2)nc1C. The summed E-state index contributed by atoms with van der Waals surface area (Å²) in [5, 5.41) is 11.8. The molecule has 0 saturated carbocycles. The van der Waals surface area contributed by atoms with E-state index in [-0.39, 0.29) is 5.91 Å². The average Bonchev–Trinajstić information content (AvgIpc) is 2.63. The number of nitriles is 1. The van der Waals surface area contributed by atoms with E-state index in [1.165, 1.54) is 0 Å². The summed E-state index contributed by atoms with van der Waals surface area (Å²) in [6, 6.07) is 10.9. The van der Waals surface area contributed by atoms with Gasteiger partial charge in [-0.3, -0.25) is 4.79 Å². The van der Waals surface area contributed by atoms with Crippen molar-refractivity contribution < 1.29 is 9.53 Å². The smallest absolute Gasteiger partial charge is 0.255 e. The number of nitrogens with zero attached hydrogens (tertiary/aromatic N) is 3. The van der Waals surface area contributed by atoms with Crippen molar-refractivity contribution in [1.29, 1.82) is 5.26 Å². The predicted octanol–water partition coefficient (Wildman–Crippen LogP) is 2.66. The molecule has 3 rings (SSSR count). The molecule has 2 heterocycles. The summed E-state index contributed by atoms with van der Waals surface area (Å²) in [7, 11) is 0. The van der Waals surface area contributed by atoms with E-state index in [9.17, 15) is 4.79 Å². The number of amides is 1. The third-order valence-electron chi connectivity index (χ3n) is 4.25. The summed E-state index contributed by atoms with van der Waals surface area (Å²) in [6.07, 6.45) is 0. The van der Waals surface area contributed by atoms with E-state index < -0.39 is 0 Å². The van der Waals surface area contributed by atoms with Gasteiger partial charge in [-0.25, -0.2) is 4.98 Å². The summed E-state index contributed by atoms with van der Waals surface area (Å²) < 4.78 is 5.36. The topological polar surface area (TPSA) is 78.2 Å². The number of morpholine rings is 1. The number of carbonyl (C=O) groups excluding carboxylic acids is 1. The second kappa shape index (κ2) is 7.32. The van der Waals surface area contributed by atoms with Crippen LogP contribution < -0.4 is 10.2 Å². The van der Waals surface area contributed by atoms with Crippen molar-refractivity contribution in [3.63, 3.8) is 0 Å². The Kier molecular flexibility index (Phi) is 4.96. The van der Waals surface area contributed by atoms with Crippen LogP contribution >= 0.6 is 0 Å². The summed E-state index contributed by atoms with van der Waals surface area (Å²) in [6.45, 7) is 6.76. The molecule has 0 radical (unpaired) electrons. The van der Waals surface area contributed by atoms with Crippen LogP contribution in [0.1, 0.15) is 27.2 Å². The fourth-order valence-corrected chi connectivity index (χ4v) is 2.83. The van der Waals surface area contributed by atoms with Crippen LogP contribution in [-0.2, 0) is 4.74 Å². The Morgan fingerprint density at radius 1 is 1.24 bits per heavy atom. The van der Waals surface area contributed by atoms with Crippen LogP contribution in [0, 0.1) is 25.2 Å². The number of benzene rings is 1. The Hall–Kier alpha value is -2.91. The van der Waals surface area contributed by atoms with Crippen molar-refractivity contribution in [1.82, 2.24) is 4.98 Å². The minimum absolute atomic E-state index is 0.203. The summed E-state index contributed by atoms with van der Waals surface area (Å²) in [5.41, 5.74) is 3.32. The van der Waals surface area contributed by atoms with Gasteiger partial charge in [0.2, 0.25) is 0 Å². The number of pyridine rings is 1. The number of aryl methyl sites for hydroxylation is 2. The summed E-state index contributed by atoms with van der Waals surface area (Å²) in [5.74, 6) is 0.694. The number of hydrogen-bond donors (Lipinski definition) is 1. The lowest BCUT2D eigenvalue weighted by molar-refractivity contribution is 0.102. The number of aromatic nitrogens is 1. The number of hydrogen-bond acceptors (Lipinski definition) is 5.